The normalized spacial score (nSPS) is 11.1. The minimum atomic E-state index is 0. The summed E-state index contributed by atoms with van der Waals surface area (Å²) < 4.78 is 5.86. The molecule has 0 saturated heterocycles. The number of aromatic nitrogens is 2. The number of fused-ring (bicyclic) bond motifs is 1. The fourth-order valence-electron chi connectivity index (χ4n) is 2.60. The van der Waals surface area contributed by atoms with E-state index in [1.807, 2.05) is 24.3 Å². The van der Waals surface area contributed by atoms with Crippen LogP contribution in [0.15, 0.2) is 59.7 Å². The maximum atomic E-state index is 5.86. The van der Waals surface area contributed by atoms with E-state index >= 15 is 0 Å². The molecule has 0 saturated carbocycles. The second-order valence-electron chi connectivity index (χ2n) is 5.91. The molecule has 0 fully saturated rings. The van der Waals surface area contributed by atoms with Crippen LogP contribution < -0.4 is 15.4 Å². The third kappa shape index (κ3) is 6.74. The summed E-state index contributed by atoms with van der Waals surface area (Å²) >= 11 is 0. The third-order valence-corrected chi connectivity index (χ3v) is 3.91. The monoisotopic (exact) mass is 479 g/mol. The average molecular weight is 479 g/mol. The number of hydrogen-bond donors (Lipinski definition) is 3. The van der Waals surface area contributed by atoms with Gasteiger partial charge in [-0.1, -0.05) is 30.3 Å². The zero-order valence-electron chi connectivity index (χ0n) is 15.4. The van der Waals surface area contributed by atoms with Crippen molar-refractivity contribution in [2.24, 2.45) is 4.99 Å². The van der Waals surface area contributed by atoms with Crippen molar-refractivity contribution >= 4 is 40.7 Å². The molecule has 1 heterocycles. The van der Waals surface area contributed by atoms with Gasteiger partial charge in [0.25, 0.3) is 0 Å². The Morgan fingerprint density at radius 3 is 2.74 bits per heavy atom. The molecule has 3 rings (SSSR count). The molecule has 0 aliphatic rings. The summed E-state index contributed by atoms with van der Waals surface area (Å²) in [5, 5.41) is 15.8. The van der Waals surface area contributed by atoms with Crippen molar-refractivity contribution in [1.82, 2.24) is 20.8 Å². The van der Waals surface area contributed by atoms with Gasteiger partial charge in [0.1, 0.15) is 5.75 Å². The highest BCUT2D eigenvalue weighted by atomic mass is 127. The van der Waals surface area contributed by atoms with Crippen LogP contribution in [0.4, 0.5) is 0 Å². The highest BCUT2D eigenvalue weighted by molar-refractivity contribution is 14.0. The summed E-state index contributed by atoms with van der Waals surface area (Å²) in [5.74, 6) is 1.70. The standard InChI is InChI=1S/C20H25N5O.HI/c1-2-21-20(23-15-18-10-12-24-25-18)22-11-5-13-26-19-9-8-16-6-3-4-7-17(16)14-19;/h3-4,6-10,12,14H,2,5,11,13,15H2,1H3,(H,24,25)(H2,21,22,23);1H. The second kappa shape index (κ2) is 11.4. The van der Waals surface area contributed by atoms with Crippen molar-refractivity contribution in [3.63, 3.8) is 0 Å². The van der Waals surface area contributed by atoms with Crippen LogP contribution in [-0.2, 0) is 6.54 Å². The molecule has 2 aromatic carbocycles. The van der Waals surface area contributed by atoms with E-state index < -0.39 is 0 Å². The molecule has 27 heavy (non-hydrogen) atoms. The number of nitrogens with one attached hydrogen (secondary N) is 3. The zero-order valence-corrected chi connectivity index (χ0v) is 17.8. The van der Waals surface area contributed by atoms with Gasteiger partial charge in [0.05, 0.1) is 18.8 Å². The van der Waals surface area contributed by atoms with E-state index in [1.54, 1.807) is 6.20 Å². The molecular formula is C20H26IN5O. The van der Waals surface area contributed by atoms with E-state index in [2.05, 4.69) is 57.0 Å². The second-order valence-corrected chi connectivity index (χ2v) is 5.91. The van der Waals surface area contributed by atoms with Crippen LogP contribution >= 0.6 is 24.0 Å². The van der Waals surface area contributed by atoms with Crippen LogP contribution in [0.2, 0.25) is 0 Å². The fraction of sp³-hybridized carbons (Fsp3) is 0.300. The molecule has 0 unspecified atom stereocenters. The van der Waals surface area contributed by atoms with Gasteiger partial charge in [-0.15, -0.1) is 24.0 Å². The SMILES string of the molecule is CCNC(=NCc1ccn[nH]1)NCCCOc1ccc2ccccc2c1.I. The van der Waals surface area contributed by atoms with Gasteiger partial charge in [0.15, 0.2) is 5.96 Å². The molecule has 3 aromatic rings. The van der Waals surface area contributed by atoms with Crippen LogP contribution in [-0.4, -0.2) is 35.9 Å². The van der Waals surface area contributed by atoms with Gasteiger partial charge >= 0.3 is 0 Å². The van der Waals surface area contributed by atoms with E-state index in [0.717, 1.165) is 36.9 Å². The molecule has 0 atom stereocenters. The Morgan fingerprint density at radius 1 is 1.11 bits per heavy atom. The maximum Gasteiger partial charge on any atom is 0.191 e. The Kier molecular flexibility index (Phi) is 8.90. The molecular weight excluding hydrogens is 453 g/mol. The molecule has 0 aliphatic carbocycles. The van der Waals surface area contributed by atoms with Gasteiger partial charge in [-0.3, -0.25) is 5.10 Å². The van der Waals surface area contributed by atoms with Crippen LogP contribution in [0.1, 0.15) is 19.0 Å². The van der Waals surface area contributed by atoms with E-state index in [9.17, 15) is 0 Å². The lowest BCUT2D eigenvalue weighted by Gasteiger charge is -2.12. The predicted octanol–water partition coefficient (Wildman–Crippen LogP) is 3.71. The van der Waals surface area contributed by atoms with Crippen molar-refractivity contribution in [3.8, 4) is 5.75 Å². The first kappa shape index (κ1) is 21.0. The lowest BCUT2D eigenvalue weighted by molar-refractivity contribution is 0.311. The lowest BCUT2D eigenvalue weighted by atomic mass is 10.1. The first-order valence-corrected chi connectivity index (χ1v) is 8.97. The number of benzene rings is 2. The van der Waals surface area contributed by atoms with Crippen LogP contribution in [0.25, 0.3) is 10.8 Å². The minimum absolute atomic E-state index is 0. The number of nitrogens with zero attached hydrogens (tertiary/aromatic N) is 2. The molecule has 0 spiro atoms. The summed E-state index contributed by atoms with van der Waals surface area (Å²) in [7, 11) is 0. The quantitative estimate of drug-likeness (QED) is 0.199. The van der Waals surface area contributed by atoms with Crippen molar-refractivity contribution < 1.29 is 4.74 Å². The highest BCUT2D eigenvalue weighted by Gasteiger charge is 2.00. The first-order valence-electron chi connectivity index (χ1n) is 8.97. The third-order valence-electron chi connectivity index (χ3n) is 3.91. The maximum absolute atomic E-state index is 5.86. The zero-order chi connectivity index (χ0) is 18.0. The summed E-state index contributed by atoms with van der Waals surface area (Å²) in [4.78, 5) is 4.53. The van der Waals surface area contributed by atoms with E-state index in [4.69, 9.17) is 4.74 Å². The average Bonchev–Trinajstić information content (AvgIpc) is 3.19. The molecule has 7 heteroatoms. The number of H-pyrrole nitrogens is 1. The Hall–Kier alpha value is -2.29. The number of halogens is 1. The summed E-state index contributed by atoms with van der Waals surface area (Å²) in [5.41, 5.74) is 0.988. The van der Waals surface area contributed by atoms with Crippen molar-refractivity contribution in [2.45, 2.75) is 19.9 Å². The highest BCUT2D eigenvalue weighted by Crippen LogP contribution is 2.20. The van der Waals surface area contributed by atoms with Gasteiger partial charge in [-0.2, -0.15) is 5.10 Å². The predicted molar refractivity (Wildman–Crippen MR) is 121 cm³/mol. The summed E-state index contributed by atoms with van der Waals surface area (Å²) in [6.07, 6.45) is 2.62. The molecule has 0 amide bonds. The first-order chi connectivity index (χ1) is 12.8. The smallest absolute Gasteiger partial charge is 0.191 e. The minimum Gasteiger partial charge on any atom is -0.494 e. The number of aliphatic imine (C=N–C) groups is 1. The number of rotatable bonds is 8. The van der Waals surface area contributed by atoms with Crippen LogP contribution in [0.3, 0.4) is 0 Å². The topological polar surface area (TPSA) is 74.3 Å². The molecule has 144 valence electrons. The van der Waals surface area contributed by atoms with Gasteiger partial charge in [-0.05, 0) is 42.3 Å². The number of hydrogen-bond acceptors (Lipinski definition) is 3. The Bertz CT molecular complexity index is 835. The van der Waals surface area contributed by atoms with Crippen molar-refractivity contribution in [2.75, 3.05) is 19.7 Å². The summed E-state index contributed by atoms with van der Waals surface area (Å²) in [6.45, 7) is 4.90. The number of guanidine groups is 1. The van der Waals surface area contributed by atoms with Gasteiger partial charge in [0, 0.05) is 19.3 Å². The van der Waals surface area contributed by atoms with Crippen molar-refractivity contribution in [3.05, 3.63) is 60.4 Å². The van der Waals surface area contributed by atoms with E-state index in [1.165, 1.54) is 10.8 Å². The van der Waals surface area contributed by atoms with E-state index in [0.29, 0.717) is 13.2 Å². The largest absolute Gasteiger partial charge is 0.494 e. The molecule has 0 bridgehead atoms. The molecule has 0 aliphatic heterocycles. The van der Waals surface area contributed by atoms with Gasteiger partial charge in [0.2, 0.25) is 0 Å². The van der Waals surface area contributed by atoms with E-state index in [-0.39, 0.29) is 24.0 Å². The van der Waals surface area contributed by atoms with Crippen molar-refractivity contribution in [1.29, 1.82) is 0 Å². The van der Waals surface area contributed by atoms with Crippen LogP contribution in [0.5, 0.6) is 5.75 Å². The Morgan fingerprint density at radius 2 is 1.96 bits per heavy atom. The lowest BCUT2D eigenvalue weighted by Crippen LogP contribution is -2.38. The number of ether oxygens (including phenoxy) is 1. The molecule has 3 N–H and O–H groups in total. The Labute approximate surface area is 176 Å². The summed E-state index contributed by atoms with van der Waals surface area (Å²) in [6, 6.07) is 16.4. The molecule has 0 radical (unpaired) electrons. The van der Waals surface area contributed by atoms with Gasteiger partial charge < -0.3 is 15.4 Å². The van der Waals surface area contributed by atoms with Gasteiger partial charge in [-0.25, -0.2) is 4.99 Å². The molecule has 1 aromatic heterocycles. The van der Waals surface area contributed by atoms with Crippen LogP contribution in [0, 0.1) is 0 Å². The fourth-order valence-corrected chi connectivity index (χ4v) is 2.60. The molecule has 6 nitrogen and oxygen atoms in total. The number of aromatic amines is 1. The Balaban J connectivity index is 0.00000261.